The second-order valence-corrected chi connectivity index (χ2v) is 12.3. The van der Waals surface area contributed by atoms with Gasteiger partial charge in [0, 0.05) is 19.5 Å². The topological polar surface area (TPSA) is 0 Å². The molecule has 2 aromatic heterocycles. The molecule has 2 heteroatoms. The minimum Gasteiger partial charge on any atom is -0.140 e. The smallest absolute Gasteiger partial charge is 0.0351 e. The third kappa shape index (κ3) is 4.16. The summed E-state index contributed by atoms with van der Waals surface area (Å²) < 4.78 is 0. The quantitative estimate of drug-likeness (QED) is 0.279. The van der Waals surface area contributed by atoms with Gasteiger partial charge in [0.2, 0.25) is 0 Å². The number of thiophene rings is 2. The molecule has 0 fully saturated rings. The zero-order valence-electron chi connectivity index (χ0n) is 20.5. The van der Waals surface area contributed by atoms with Crippen molar-refractivity contribution in [2.24, 2.45) is 11.8 Å². The van der Waals surface area contributed by atoms with Crippen LogP contribution in [0.5, 0.6) is 0 Å². The minimum absolute atomic E-state index is 0.580. The lowest BCUT2D eigenvalue weighted by Gasteiger charge is -2.13. The van der Waals surface area contributed by atoms with E-state index in [0.29, 0.717) is 11.8 Å². The van der Waals surface area contributed by atoms with Gasteiger partial charge in [0.05, 0.1) is 0 Å². The van der Waals surface area contributed by atoms with E-state index >= 15 is 0 Å². The molecule has 0 spiro atoms. The first-order chi connectivity index (χ1) is 15.8. The highest BCUT2D eigenvalue weighted by atomic mass is 32.1. The Hall–Kier alpha value is -2.42. The molecular weight excluding hydrogens is 436 g/mol. The SMILES string of the molecule is Cc1ccc(-c2cc(C3=C(c4cc(-c5ccc(C)cc5)sc4C)[C@@H](C)C[C@H]3C)c(C)s2)cc1. The molecule has 5 rings (SSSR count). The van der Waals surface area contributed by atoms with Gasteiger partial charge in [-0.3, -0.25) is 0 Å². The summed E-state index contributed by atoms with van der Waals surface area (Å²) in [5.74, 6) is 1.16. The molecule has 0 saturated carbocycles. The van der Waals surface area contributed by atoms with Crippen molar-refractivity contribution in [1.29, 1.82) is 0 Å². The Kier molecular flexibility index (Phi) is 5.93. The maximum Gasteiger partial charge on any atom is 0.0351 e. The molecule has 0 N–H and O–H groups in total. The van der Waals surface area contributed by atoms with Gasteiger partial charge in [-0.15, -0.1) is 22.7 Å². The van der Waals surface area contributed by atoms with Crippen molar-refractivity contribution in [3.63, 3.8) is 0 Å². The molecule has 33 heavy (non-hydrogen) atoms. The van der Waals surface area contributed by atoms with E-state index in [4.69, 9.17) is 0 Å². The largest absolute Gasteiger partial charge is 0.140 e. The van der Waals surface area contributed by atoms with Crippen molar-refractivity contribution in [2.75, 3.05) is 0 Å². The third-order valence-corrected chi connectivity index (χ3v) is 9.27. The number of benzene rings is 2. The average molecular weight is 469 g/mol. The van der Waals surface area contributed by atoms with E-state index in [2.05, 4.69) is 102 Å². The summed E-state index contributed by atoms with van der Waals surface area (Å²) in [5.41, 5.74) is 11.4. The highest BCUT2D eigenvalue weighted by Crippen LogP contribution is 2.52. The Labute approximate surface area is 206 Å². The second kappa shape index (κ2) is 8.74. The molecule has 1 aliphatic rings. The molecule has 0 amide bonds. The lowest BCUT2D eigenvalue weighted by atomic mass is 9.91. The summed E-state index contributed by atoms with van der Waals surface area (Å²) in [7, 11) is 0. The first kappa shape index (κ1) is 22.4. The van der Waals surface area contributed by atoms with E-state index in [9.17, 15) is 0 Å². The fraction of sp³-hybridized carbons (Fsp3) is 0.290. The van der Waals surface area contributed by atoms with Crippen molar-refractivity contribution < 1.29 is 0 Å². The molecule has 0 nitrogen and oxygen atoms in total. The average Bonchev–Trinajstić information content (AvgIpc) is 3.43. The molecule has 0 radical (unpaired) electrons. The van der Waals surface area contributed by atoms with Crippen molar-refractivity contribution in [3.05, 3.63) is 92.7 Å². The summed E-state index contributed by atoms with van der Waals surface area (Å²) in [6.45, 7) is 13.8. The van der Waals surface area contributed by atoms with Crippen LogP contribution >= 0.6 is 22.7 Å². The van der Waals surface area contributed by atoms with Gasteiger partial charge in [0.25, 0.3) is 0 Å². The van der Waals surface area contributed by atoms with Gasteiger partial charge in [0.15, 0.2) is 0 Å². The standard InChI is InChI=1S/C31H32S2/c1-18-7-11-24(12-8-18)28-16-26(22(5)32-28)30-20(3)15-21(4)31(30)27-17-29(33-23(27)6)25-13-9-19(2)10-14-25/h7-14,16-17,20-21H,15H2,1-6H3/t20-,21+. The van der Waals surface area contributed by atoms with Crippen LogP contribution in [0.25, 0.3) is 32.0 Å². The molecule has 2 aromatic carbocycles. The molecule has 0 aliphatic heterocycles. The predicted molar refractivity (Wildman–Crippen MR) is 148 cm³/mol. The van der Waals surface area contributed by atoms with Crippen LogP contribution in [0.15, 0.2) is 60.7 Å². The van der Waals surface area contributed by atoms with Gasteiger partial charge in [-0.25, -0.2) is 0 Å². The molecule has 1 aliphatic carbocycles. The highest BCUT2D eigenvalue weighted by molar-refractivity contribution is 7.16. The third-order valence-electron chi connectivity index (χ3n) is 7.07. The number of hydrogen-bond acceptors (Lipinski definition) is 2. The molecule has 4 aromatic rings. The Morgan fingerprint density at radius 3 is 1.30 bits per heavy atom. The molecule has 2 atom stereocenters. The van der Waals surface area contributed by atoms with Crippen molar-refractivity contribution in [1.82, 2.24) is 0 Å². The summed E-state index contributed by atoms with van der Waals surface area (Å²) >= 11 is 3.87. The number of hydrogen-bond donors (Lipinski definition) is 0. The van der Waals surface area contributed by atoms with Crippen LogP contribution < -0.4 is 0 Å². The molecule has 0 saturated heterocycles. The van der Waals surface area contributed by atoms with Crippen molar-refractivity contribution in [3.8, 4) is 20.9 Å². The van der Waals surface area contributed by atoms with E-state index < -0.39 is 0 Å². The van der Waals surface area contributed by atoms with Gasteiger partial charge in [-0.1, -0.05) is 73.5 Å². The van der Waals surface area contributed by atoms with E-state index in [1.165, 1.54) is 59.3 Å². The van der Waals surface area contributed by atoms with Crippen LogP contribution in [0.4, 0.5) is 0 Å². The van der Waals surface area contributed by atoms with Gasteiger partial charge in [0.1, 0.15) is 0 Å². The highest BCUT2D eigenvalue weighted by Gasteiger charge is 2.32. The zero-order valence-corrected chi connectivity index (χ0v) is 22.1. The van der Waals surface area contributed by atoms with Crippen LogP contribution in [0, 0.1) is 39.5 Å². The van der Waals surface area contributed by atoms with Gasteiger partial charge >= 0.3 is 0 Å². The van der Waals surface area contributed by atoms with E-state index in [-0.39, 0.29) is 0 Å². The van der Waals surface area contributed by atoms with Gasteiger partial charge in [-0.2, -0.15) is 0 Å². The van der Waals surface area contributed by atoms with Crippen molar-refractivity contribution >= 4 is 33.8 Å². The van der Waals surface area contributed by atoms with Gasteiger partial charge < -0.3 is 0 Å². The van der Waals surface area contributed by atoms with Crippen LogP contribution in [0.3, 0.4) is 0 Å². The van der Waals surface area contributed by atoms with E-state index in [0.717, 1.165) is 0 Å². The predicted octanol–water partition coefficient (Wildman–Crippen LogP) is 9.96. The van der Waals surface area contributed by atoms with E-state index in [1.807, 2.05) is 22.7 Å². The Balaban J connectivity index is 1.62. The molecule has 0 bridgehead atoms. The van der Waals surface area contributed by atoms with Crippen LogP contribution in [0.2, 0.25) is 0 Å². The molecule has 168 valence electrons. The molecular formula is C31H32S2. The van der Waals surface area contributed by atoms with Crippen LogP contribution in [0.1, 0.15) is 52.3 Å². The van der Waals surface area contributed by atoms with Crippen LogP contribution in [-0.4, -0.2) is 0 Å². The molecule has 2 heterocycles. The first-order valence-electron chi connectivity index (χ1n) is 11.9. The summed E-state index contributed by atoms with van der Waals surface area (Å²) in [6.07, 6.45) is 1.23. The Morgan fingerprint density at radius 2 is 0.939 bits per heavy atom. The fourth-order valence-corrected chi connectivity index (χ4v) is 7.42. The van der Waals surface area contributed by atoms with Gasteiger partial charge in [-0.05, 0) is 91.5 Å². The number of allylic oxidation sites excluding steroid dienone is 2. The van der Waals surface area contributed by atoms with Crippen molar-refractivity contribution in [2.45, 2.75) is 48.0 Å². The zero-order chi connectivity index (χ0) is 23.3. The second-order valence-electron chi connectivity index (χ2n) is 9.76. The van der Waals surface area contributed by atoms with E-state index in [1.54, 1.807) is 11.1 Å². The van der Waals surface area contributed by atoms with Crippen LogP contribution in [-0.2, 0) is 0 Å². The molecule has 0 unspecified atom stereocenters. The maximum atomic E-state index is 2.46. The lowest BCUT2D eigenvalue weighted by Crippen LogP contribution is -1.94. The summed E-state index contributed by atoms with van der Waals surface area (Å²) in [5, 5.41) is 0. The Bertz CT molecular complexity index is 1220. The first-order valence-corrected chi connectivity index (χ1v) is 13.5. The normalized spacial score (nSPS) is 18.4. The Morgan fingerprint density at radius 1 is 0.576 bits per heavy atom. The monoisotopic (exact) mass is 468 g/mol. The minimum atomic E-state index is 0.580. The lowest BCUT2D eigenvalue weighted by molar-refractivity contribution is 0.604. The summed E-state index contributed by atoms with van der Waals surface area (Å²) in [6, 6.07) is 22.8. The maximum absolute atomic E-state index is 2.46. The summed E-state index contributed by atoms with van der Waals surface area (Å²) in [4.78, 5) is 5.63. The number of aryl methyl sites for hydroxylation is 4. The fourth-order valence-electron chi connectivity index (χ4n) is 5.34. The number of rotatable bonds is 4.